The fraction of sp³-hybridized carbons (Fsp3) is 0.588. The Morgan fingerprint density at radius 3 is 1.88 bits per heavy atom. The Labute approximate surface area is 188 Å². The summed E-state index contributed by atoms with van der Waals surface area (Å²) >= 11 is 0. The summed E-state index contributed by atoms with van der Waals surface area (Å²) in [6, 6.07) is 3.68. The van der Waals surface area contributed by atoms with Crippen molar-refractivity contribution in [1.82, 2.24) is 5.32 Å². The third-order valence-corrected chi connectivity index (χ3v) is 3.59. The minimum Gasteiger partial charge on any atom is -0.493 e. The molecule has 1 unspecified atom stereocenters. The number of methoxy groups -OCH3 is 3. The standard InChI is InChI=1S/C15H23N3O4.2CH4O3S/c1-19-13-4-10(5-14(20-2)15(13)21-3)9-22-18-12-8-17-7-11(12)6-16;2*1-5(2,3)4/h4-5,11,17H,6-9,16H2,1-3H3;2*1H3,(H,2,3,4)/b18-12+;;. The van der Waals surface area contributed by atoms with Crippen LogP contribution < -0.4 is 25.3 Å². The van der Waals surface area contributed by atoms with Crippen LogP contribution in [-0.4, -0.2) is 85.1 Å². The molecule has 0 amide bonds. The second kappa shape index (κ2) is 14.1. The predicted octanol–water partition coefficient (Wildman–Crippen LogP) is -0.229. The fourth-order valence-corrected chi connectivity index (χ4v) is 2.37. The molecule has 15 heteroatoms. The van der Waals surface area contributed by atoms with E-state index in [1.807, 2.05) is 12.1 Å². The van der Waals surface area contributed by atoms with Crippen LogP contribution in [0.1, 0.15) is 5.56 Å². The van der Waals surface area contributed by atoms with Gasteiger partial charge in [-0.05, 0) is 17.7 Å². The Bertz CT molecular complexity index is 878. The number of nitrogens with two attached hydrogens (primary N) is 1. The molecular weight excluding hydrogens is 470 g/mol. The van der Waals surface area contributed by atoms with E-state index < -0.39 is 20.2 Å². The third-order valence-electron chi connectivity index (χ3n) is 3.59. The molecule has 0 bridgehead atoms. The highest BCUT2D eigenvalue weighted by molar-refractivity contribution is 7.85. The summed E-state index contributed by atoms with van der Waals surface area (Å²) in [5.41, 5.74) is 7.53. The predicted molar refractivity (Wildman–Crippen MR) is 119 cm³/mol. The Hall–Kier alpha value is -2.17. The Balaban J connectivity index is 0.000000805. The molecule has 1 aromatic rings. The van der Waals surface area contributed by atoms with Gasteiger partial charge >= 0.3 is 0 Å². The monoisotopic (exact) mass is 501 g/mol. The molecule has 0 saturated carbocycles. The summed E-state index contributed by atoms with van der Waals surface area (Å²) in [5, 5.41) is 7.41. The van der Waals surface area contributed by atoms with Gasteiger partial charge in [-0.15, -0.1) is 0 Å². The molecule has 0 aliphatic carbocycles. The average Bonchev–Trinajstić information content (AvgIpc) is 3.12. The van der Waals surface area contributed by atoms with Crippen molar-refractivity contribution in [1.29, 1.82) is 0 Å². The van der Waals surface area contributed by atoms with Crippen LogP contribution in [0, 0.1) is 5.92 Å². The Morgan fingerprint density at radius 2 is 1.50 bits per heavy atom. The van der Waals surface area contributed by atoms with Crippen molar-refractivity contribution < 1.29 is 45.0 Å². The lowest BCUT2D eigenvalue weighted by Crippen LogP contribution is -2.22. The molecule has 1 aromatic carbocycles. The summed E-state index contributed by atoms with van der Waals surface area (Å²) in [5.74, 6) is 1.99. The molecule has 32 heavy (non-hydrogen) atoms. The van der Waals surface area contributed by atoms with E-state index in [-0.39, 0.29) is 5.92 Å². The summed E-state index contributed by atoms with van der Waals surface area (Å²) in [7, 11) is -2.60. The highest BCUT2D eigenvalue weighted by atomic mass is 32.2. The van der Waals surface area contributed by atoms with E-state index in [1.165, 1.54) is 0 Å². The molecule has 1 atom stereocenters. The van der Waals surface area contributed by atoms with Crippen molar-refractivity contribution in [3.63, 3.8) is 0 Å². The van der Waals surface area contributed by atoms with Crippen molar-refractivity contribution >= 4 is 25.9 Å². The Morgan fingerprint density at radius 1 is 1.03 bits per heavy atom. The summed E-state index contributed by atoms with van der Waals surface area (Å²) in [6.45, 7) is 2.46. The highest BCUT2D eigenvalue weighted by Gasteiger charge is 2.21. The van der Waals surface area contributed by atoms with Gasteiger partial charge < -0.3 is 30.1 Å². The number of benzene rings is 1. The summed E-state index contributed by atoms with van der Waals surface area (Å²) in [4.78, 5) is 5.45. The molecule has 0 aromatic heterocycles. The number of nitrogens with one attached hydrogen (secondary N) is 1. The second-order valence-electron chi connectivity index (χ2n) is 6.42. The molecule has 0 spiro atoms. The van der Waals surface area contributed by atoms with Crippen LogP contribution >= 0.6 is 0 Å². The minimum absolute atomic E-state index is 0.250. The first-order chi connectivity index (χ1) is 14.7. The second-order valence-corrected chi connectivity index (χ2v) is 9.35. The summed E-state index contributed by atoms with van der Waals surface area (Å²) in [6.07, 6.45) is 1.43. The molecule has 1 aliphatic rings. The number of hydrogen-bond acceptors (Lipinski definition) is 11. The van der Waals surface area contributed by atoms with Crippen molar-refractivity contribution in [2.24, 2.45) is 16.8 Å². The molecular formula is C17H31N3O10S2. The Kier molecular flexibility index (Phi) is 13.1. The van der Waals surface area contributed by atoms with Gasteiger partial charge in [-0.2, -0.15) is 16.8 Å². The number of oxime groups is 1. The third kappa shape index (κ3) is 14.0. The van der Waals surface area contributed by atoms with Gasteiger partial charge in [0, 0.05) is 25.6 Å². The van der Waals surface area contributed by atoms with E-state index in [4.69, 9.17) is 33.9 Å². The molecule has 13 nitrogen and oxygen atoms in total. The van der Waals surface area contributed by atoms with E-state index in [1.54, 1.807) is 21.3 Å². The van der Waals surface area contributed by atoms with Crippen molar-refractivity contribution in [2.45, 2.75) is 6.61 Å². The number of rotatable bonds is 7. The smallest absolute Gasteiger partial charge is 0.261 e. The van der Waals surface area contributed by atoms with Crippen LogP contribution in [0.5, 0.6) is 17.2 Å². The molecule has 186 valence electrons. The molecule has 0 radical (unpaired) electrons. The lowest BCUT2D eigenvalue weighted by Gasteiger charge is -2.14. The normalized spacial score (nSPS) is 16.9. The van der Waals surface area contributed by atoms with Gasteiger partial charge in [0.05, 0.1) is 39.6 Å². The van der Waals surface area contributed by atoms with Crippen LogP contribution in [0.15, 0.2) is 17.3 Å². The molecule has 1 saturated heterocycles. The zero-order valence-corrected chi connectivity index (χ0v) is 20.2. The fourth-order valence-electron chi connectivity index (χ4n) is 2.37. The quantitative estimate of drug-likeness (QED) is 0.283. The van der Waals surface area contributed by atoms with Crippen LogP contribution in [-0.2, 0) is 31.7 Å². The SMILES string of the molecule is COc1cc(CO/N=C2\CNCC2CN)cc(OC)c1OC.CS(=O)(=O)O.CS(=O)(=O)O. The molecule has 5 N–H and O–H groups in total. The van der Waals surface area contributed by atoms with E-state index in [9.17, 15) is 16.8 Å². The first kappa shape index (κ1) is 29.8. The topological polar surface area (TPSA) is 196 Å². The van der Waals surface area contributed by atoms with E-state index in [0.717, 1.165) is 24.4 Å². The zero-order chi connectivity index (χ0) is 24.9. The highest BCUT2D eigenvalue weighted by Crippen LogP contribution is 2.38. The van der Waals surface area contributed by atoms with Gasteiger partial charge in [0.25, 0.3) is 20.2 Å². The van der Waals surface area contributed by atoms with Gasteiger partial charge in [0.1, 0.15) is 6.61 Å². The van der Waals surface area contributed by atoms with Gasteiger partial charge in [0.15, 0.2) is 11.5 Å². The maximum absolute atomic E-state index is 9.19. The van der Waals surface area contributed by atoms with E-state index >= 15 is 0 Å². The molecule has 1 fully saturated rings. The number of nitrogens with zero attached hydrogens (tertiary/aromatic N) is 1. The molecule has 1 heterocycles. The van der Waals surface area contributed by atoms with Gasteiger partial charge in [-0.1, -0.05) is 5.16 Å². The molecule has 1 aliphatic heterocycles. The van der Waals surface area contributed by atoms with Crippen molar-refractivity contribution in [3.05, 3.63) is 17.7 Å². The van der Waals surface area contributed by atoms with Crippen molar-refractivity contribution in [3.8, 4) is 17.2 Å². The maximum Gasteiger partial charge on any atom is 0.261 e. The number of ether oxygens (including phenoxy) is 3. The first-order valence-corrected chi connectivity index (χ1v) is 12.7. The van der Waals surface area contributed by atoms with Crippen LogP contribution in [0.4, 0.5) is 0 Å². The minimum atomic E-state index is -3.67. The van der Waals surface area contributed by atoms with Gasteiger partial charge in [-0.25, -0.2) is 0 Å². The largest absolute Gasteiger partial charge is 0.493 e. The van der Waals surface area contributed by atoms with Crippen molar-refractivity contribution in [2.75, 3.05) is 53.5 Å². The van der Waals surface area contributed by atoms with E-state index in [2.05, 4.69) is 10.5 Å². The summed E-state index contributed by atoms with van der Waals surface area (Å²) < 4.78 is 67.6. The van der Waals surface area contributed by atoms with Gasteiger partial charge in [-0.3, -0.25) is 9.11 Å². The zero-order valence-electron chi connectivity index (χ0n) is 18.6. The van der Waals surface area contributed by atoms with Crippen LogP contribution in [0.2, 0.25) is 0 Å². The van der Waals surface area contributed by atoms with Crippen LogP contribution in [0.25, 0.3) is 0 Å². The number of hydrogen-bond donors (Lipinski definition) is 4. The molecule has 2 rings (SSSR count). The average molecular weight is 502 g/mol. The lowest BCUT2D eigenvalue weighted by molar-refractivity contribution is 0.128. The first-order valence-electron chi connectivity index (χ1n) is 8.96. The lowest BCUT2D eigenvalue weighted by atomic mass is 10.1. The van der Waals surface area contributed by atoms with Gasteiger partial charge in [0.2, 0.25) is 5.75 Å². The van der Waals surface area contributed by atoms with E-state index in [0.29, 0.717) is 42.9 Å². The maximum atomic E-state index is 9.19. The van der Waals surface area contributed by atoms with Crippen LogP contribution in [0.3, 0.4) is 0 Å².